The summed E-state index contributed by atoms with van der Waals surface area (Å²) in [4.78, 5) is 43.7. The largest absolute Gasteiger partial charge is 0.455 e. The number of hydrogen-bond donors (Lipinski definition) is 0. The van der Waals surface area contributed by atoms with Crippen molar-refractivity contribution in [1.82, 2.24) is 0 Å². The van der Waals surface area contributed by atoms with Gasteiger partial charge in [0.1, 0.15) is 24.7 Å². The average Bonchev–Trinajstić information content (AvgIpc) is 3.24. The zero-order chi connectivity index (χ0) is 17.4. The lowest BCUT2D eigenvalue weighted by Crippen LogP contribution is -2.04. The van der Waals surface area contributed by atoms with Gasteiger partial charge in [0, 0.05) is 12.2 Å². The fraction of sp³-hybridized carbons (Fsp3) is 0.125. The zero-order valence-electron chi connectivity index (χ0n) is 12.3. The van der Waals surface area contributed by atoms with Gasteiger partial charge < -0.3 is 18.3 Å². The minimum Gasteiger partial charge on any atom is -0.455 e. The summed E-state index contributed by atoms with van der Waals surface area (Å²) >= 11 is 0. The van der Waals surface area contributed by atoms with E-state index in [9.17, 15) is 19.2 Å². The first kappa shape index (κ1) is 16.9. The number of carbonyl (C=O) groups excluding carboxylic acids is 4. The van der Waals surface area contributed by atoms with Crippen LogP contribution < -0.4 is 0 Å². The van der Waals surface area contributed by atoms with Crippen LogP contribution in [0, 0.1) is 0 Å². The van der Waals surface area contributed by atoms with Gasteiger partial charge >= 0.3 is 11.9 Å². The molecule has 0 spiro atoms. The Labute approximate surface area is 135 Å². The van der Waals surface area contributed by atoms with Gasteiger partial charge in [-0.2, -0.15) is 0 Å². The number of carbonyl (C=O) groups is 4. The third kappa shape index (κ3) is 5.09. The Morgan fingerprint density at radius 2 is 1.21 bits per heavy atom. The molecule has 2 heterocycles. The molecule has 0 bridgehead atoms. The number of esters is 2. The fourth-order valence-electron chi connectivity index (χ4n) is 1.59. The Hall–Kier alpha value is -3.42. The molecule has 0 N–H and O–H groups in total. The minimum atomic E-state index is -0.780. The van der Waals surface area contributed by atoms with Gasteiger partial charge in [0.05, 0.1) is 0 Å². The maximum atomic E-state index is 11.4. The van der Waals surface area contributed by atoms with Gasteiger partial charge in [-0.15, -0.1) is 0 Å². The van der Waals surface area contributed by atoms with E-state index in [1.165, 1.54) is 24.3 Å². The van der Waals surface area contributed by atoms with Gasteiger partial charge in [0.25, 0.3) is 0 Å². The van der Waals surface area contributed by atoms with Crippen molar-refractivity contribution in [3.05, 3.63) is 59.5 Å². The molecule has 8 heteroatoms. The third-order valence-electron chi connectivity index (χ3n) is 2.67. The topological polar surface area (TPSA) is 113 Å². The molecule has 0 amide bonds. The molecule has 0 aromatic carbocycles. The van der Waals surface area contributed by atoms with Crippen LogP contribution in [0.2, 0.25) is 0 Å². The summed E-state index contributed by atoms with van der Waals surface area (Å²) in [6, 6.07) is 5.86. The van der Waals surface area contributed by atoms with Crippen molar-refractivity contribution in [2.75, 3.05) is 0 Å². The van der Waals surface area contributed by atoms with Crippen molar-refractivity contribution in [3.63, 3.8) is 0 Å². The van der Waals surface area contributed by atoms with Crippen LogP contribution in [0.25, 0.3) is 0 Å². The molecule has 2 aromatic heterocycles. The summed E-state index contributed by atoms with van der Waals surface area (Å²) in [6.45, 7) is -0.347. The van der Waals surface area contributed by atoms with Crippen molar-refractivity contribution >= 4 is 24.5 Å². The molecular weight excluding hydrogens is 320 g/mol. The fourth-order valence-corrected chi connectivity index (χ4v) is 1.59. The molecule has 2 rings (SSSR count). The van der Waals surface area contributed by atoms with E-state index in [1.807, 2.05) is 0 Å². The lowest BCUT2D eigenvalue weighted by molar-refractivity contribution is -0.142. The van der Waals surface area contributed by atoms with E-state index < -0.39 is 11.9 Å². The Morgan fingerprint density at radius 3 is 1.54 bits per heavy atom. The lowest BCUT2D eigenvalue weighted by atomic mass is 10.4. The monoisotopic (exact) mass is 332 g/mol. The van der Waals surface area contributed by atoms with Crippen LogP contribution in [0.3, 0.4) is 0 Å². The normalized spacial score (nSPS) is 10.5. The number of hydrogen-bond acceptors (Lipinski definition) is 8. The summed E-state index contributed by atoms with van der Waals surface area (Å²) in [5.41, 5.74) is 0. The van der Waals surface area contributed by atoms with Gasteiger partial charge in [-0.1, -0.05) is 0 Å². The van der Waals surface area contributed by atoms with Crippen molar-refractivity contribution < 1.29 is 37.5 Å². The highest BCUT2D eigenvalue weighted by Gasteiger charge is 2.06. The maximum absolute atomic E-state index is 11.4. The molecule has 24 heavy (non-hydrogen) atoms. The van der Waals surface area contributed by atoms with Crippen LogP contribution in [0.15, 0.2) is 45.3 Å². The highest BCUT2D eigenvalue weighted by Crippen LogP contribution is 2.08. The molecule has 0 aliphatic heterocycles. The van der Waals surface area contributed by atoms with Crippen molar-refractivity contribution in [1.29, 1.82) is 0 Å². The van der Waals surface area contributed by atoms with E-state index in [2.05, 4.69) is 0 Å². The number of rotatable bonds is 8. The molecule has 0 fully saturated rings. The number of furan rings is 2. The summed E-state index contributed by atoms with van der Waals surface area (Å²) in [5, 5.41) is 0. The minimum absolute atomic E-state index is 0.121. The Morgan fingerprint density at radius 1 is 0.792 bits per heavy atom. The van der Waals surface area contributed by atoms with Gasteiger partial charge in [0.15, 0.2) is 24.1 Å². The van der Waals surface area contributed by atoms with E-state index in [4.69, 9.17) is 18.3 Å². The molecule has 0 radical (unpaired) electrons. The molecule has 0 saturated carbocycles. The Bertz CT molecular complexity index is 700. The van der Waals surface area contributed by atoms with E-state index >= 15 is 0 Å². The summed E-state index contributed by atoms with van der Waals surface area (Å²) in [7, 11) is 0. The average molecular weight is 332 g/mol. The summed E-state index contributed by atoms with van der Waals surface area (Å²) in [6.07, 6.45) is 2.84. The van der Waals surface area contributed by atoms with E-state index in [-0.39, 0.29) is 24.7 Å². The van der Waals surface area contributed by atoms with Crippen molar-refractivity contribution in [2.45, 2.75) is 13.2 Å². The molecule has 0 aliphatic carbocycles. The highest BCUT2D eigenvalue weighted by molar-refractivity contribution is 5.91. The van der Waals surface area contributed by atoms with Crippen LogP contribution in [-0.2, 0) is 32.3 Å². The first-order valence-corrected chi connectivity index (χ1v) is 6.70. The van der Waals surface area contributed by atoms with Crippen LogP contribution in [-0.4, -0.2) is 24.5 Å². The van der Waals surface area contributed by atoms with Gasteiger partial charge in [-0.3, -0.25) is 9.59 Å². The van der Waals surface area contributed by atoms with Crippen LogP contribution in [0.5, 0.6) is 0 Å². The van der Waals surface area contributed by atoms with Crippen LogP contribution in [0.4, 0.5) is 0 Å². The summed E-state index contributed by atoms with van der Waals surface area (Å²) in [5.74, 6) is -0.725. The molecule has 0 aliphatic rings. The van der Waals surface area contributed by atoms with Gasteiger partial charge in [-0.05, 0) is 24.3 Å². The zero-order valence-corrected chi connectivity index (χ0v) is 12.3. The second-order valence-corrected chi connectivity index (χ2v) is 4.39. The number of ether oxygens (including phenoxy) is 2. The van der Waals surface area contributed by atoms with E-state index in [1.54, 1.807) is 0 Å². The molecule has 0 atom stereocenters. The van der Waals surface area contributed by atoms with Crippen molar-refractivity contribution in [2.24, 2.45) is 0 Å². The van der Waals surface area contributed by atoms with Crippen LogP contribution >= 0.6 is 0 Å². The second kappa shape index (κ2) is 8.28. The Kier molecular flexibility index (Phi) is 5.84. The van der Waals surface area contributed by atoms with Gasteiger partial charge in [-0.25, -0.2) is 9.59 Å². The Balaban J connectivity index is 1.72. The lowest BCUT2D eigenvalue weighted by Gasteiger charge is -1.99. The van der Waals surface area contributed by atoms with Gasteiger partial charge in [0.2, 0.25) is 0 Å². The van der Waals surface area contributed by atoms with Crippen LogP contribution in [0.1, 0.15) is 32.6 Å². The van der Waals surface area contributed by atoms with E-state index in [0.29, 0.717) is 24.1 Å². The van der Waals surface area contributed by atoms with E-state index in [0.717, 1.165) is 12.2 Å². The third-order valence-corrected chi connectivity index (χ3v) is 2.67. The molecular formula is C16H12O8. The SMILES string of the molecule is O=Cc1ccc(COC(=O)C=CC(=O)OCc2ccc(C=O)o2)o1. The molecule has 124 valence electrons. The predicted molar refractivity (Wildman–Crippen MR) is 76.9 cm³/mol. The standard InChI is InChI=1S/C16H12O8/c17-7-11-1-3-13(23-11)9-21-15(19)5-6-16(20)22-10-14-4-2-12(8-18)24-14/h1-8H,9-10H2. The first-order chi connectivity index (χ1) is 11.6. The highest BCUT2D eigenvalue weighted by atomic mass is 16.5. The molecule has 2 aromatic rings. The first-order valence-electron chi connectivity index (χ1n) is 6.70. The molecule has 0 unspecified atom stereocenters. The second-order valence-electron chi connectivity index (χ2n) is 4.39. The predicted octanol–water partition coefficient (Wildman–Crippen LogP) is 1.84. The smallest absolute Gasteiger partial charge is 0.331 e. The molecule has 0 saturated heterocycles. The quantitative estimate of drug-likeness (QED) is 0.409. The summed E-state index contributed by atoms with van der Waals surface area (Å²) < 4.78 is 19.7. The molecule has 8 nitrogen and oxygen atoms in total. The number of aldehydes is 2. The van der Waals surface area contributed by atoms with Crippen molar-refractivity contribution in [3.8, 4) is 0 Å². The maximum Gasteiger partial charge on any atom is 0.331 e.